The number of nitrogens with two attached hydrogens (primary N) is 1. The molecule has 0 aliphatic rings. The lowest BCUT2D eigenvalue weighted by Crippen LogP contribution is -2.07. The van der Waals surface area contributed by atoms with Gasteiger partial charge in [0.1, 0.15) is 0 Å². The van der Waals surface area contributed by atoms with Gasteiger partial charge in [-0.1, -0.05) is 60.7 Å². The summed E-state index contributed by atoms with van der Waals surface area (Å²) < 4.78 is 5.76. The highest BCUT2D eigenvalue weighted by Gasteiger charge is 2.18. The number of benzene rings is 2. The maximum Gasteiger partial charge on any atom is 0.247 e. The Balaban J connectivity index is 1.95. The number of ether oxygens (including phenoxy) is 1. The van der Waals surface area contributed by atoms with Gasteiger partial charge < -0.3 is 10.5 Å². The van der Waals surface area contributed by atoms with Gasteiger partial charge in [0.15, 0.2) is 11.2 Å². The van der Waals surface area contributed by atoms with Crippen molar-refractivity contribution in [3.05, 3.63) is 60.7 Å². The molecule has 6 nitrogen and oxygen atoms in total. The van der Waals surface area contributed by atoms with Crippen molar-refractivity contribution >= 4 is 28.7 Å². The Kier molecular flexibility index (Phi) is 5.30. The lowest BCUT2D eigenvalue weighted by molar-refractivity contribution is 0.309. The molecule has 0 amide bonds. The van der Waals surface area contributed by atoms with Crippen LogP contribution in [0.3, 0.4) is 0 Å². The summed E-state index contributed by atoms with van der Waals surface area (Å²) in [6.45, 7) is 0.415. The second-order valence-corrected chi connectivity index (χ2v) is 6.48. The van der Waals surface area contributed by atoms with E-state index in [0.717, 1.165) is 22.5 Å². The lowest BCUT2D eigenvalue weighted by Gasteiger charge is -2.12. The molecule has 0 spiro atoms. The van der Waals surface area contributed by atoms with Gasteiger partial charge in [-0.05, 0) is 6.42 Å². The summed E-state index contributed by atoms with van der Waals surface area (Å²) in [5.41, 5.74) is 10.1. The normalized spacial score (nSPS) is 10.9. The summed E-state index contributed by atoms with van der Waals surface area (Å²) in [6.07, 6.45) is 0.689. The molecule has 0 unspecified atom stereocenters. The first kappa shape index (κ1) is 18.1. The minimum Gasteiger partial charge on any atom is -0.476 e. The van der Waals surface area contributed by atoms with Gasteiger partial charge in [0.25, 0.3) is 0 Å². The quantitative estimate of drug-likeness (QED) is 0.388. The fourth-order valence-electron chi connectivity index (χ4n) is 2.86. The number of fused-ring (bicyclic) bond motifs is 1. The molecule has 2 N–H and O–H groups in total. The molecule has 140 valence electrons. The first-order chi connectivity index (χ1) is 13.8. The maximum absolute atomic E-state index is 5.87. The molecule has 0 bridgehead atoms. The summed E-state index contributed by atoms with van der Waals surface area (Å²) >= 11 is 5.75. The molecule has 4 aromatic rings. The fourth-order valence-corrected chi connectivity index (χ4v) is 2.97. The zero-order valence-electron chi connectivity index (χ0n) is 15.0. The Bertz CT molecular complexity index is 1090. The van der Waals surface area contributed by atoms with Crippen LogP contribution in [0.4, 0.5) is 5.95 Å². The molecule has 4 rings (SSSR count). The highest BCUT2D eigenvalue weighted by Crippen LogP contribution is 2.32. The van der Waals surface area contributed by atoms with E-state index in [-0.39, 0.29) is 5.95 Å². The Hall–Kier alpha value is -3.25. The van der Waals surface area contributed by atoms with Crippen molar-refractivity contribution in [1.29, 1.82) is 0 Å². The van der Waals surface area contributed by atoms with Crippen molar-refractivity contribution in [2.24, 2.45) is 0 Å². The minimum atomic E-state index is 0.0918. The van der Waals surface area contributed by atoms with Crippen molar-refractivity contribution in [1.82, 2.24) is 19.9 Å². The van der Waals surface area contributed by atoms with Crippen molar-refractivity contribution in [3.8, 4) is 28.4 Å². The second-order valence-electron chi connectivity index (χ2n) is 6.10. The molecule has 28 heavy (non-hydrogen) atoms. The van der Waals surface area contributed by atoms with Crippen LogP contribution in [0.1, 0.15) is 6.42 Å². The topological polar surface area (TPSA) is 86.8 Å². The van der Waals surface area contributed by atoms with Crippen molar-refractivity contribution in [2.75, 3.05) is 18.2 Å². The van der Waals surface area contributed by atoms with Crippen molar-refractivity contribution < 1.29 is 4.74 Å². The largest absolute Gasteiger partial charge is 0.476 e. The zero-order valence-corrected chi connectivity index (χ0v) is 15.8. The summed E-state index contributed by atoms with van der Waals surface area (Å²) in [7, 11) is 0. The number of aromatic nitrogens is 4. The van der Waals surface area contributed by atoms with E-state index in [1.807, 2.05) is 60.7 Å². The summed E-state index contributed by atoms with van der Waals surface area (Å²) in [5, 5.41) is 0. The number of halogens is 1. The Morgan fingerprint density at radius 1 is 0.786 bits per heavy atom. The van der Waals surface area contributed by atoms with E-state index >= 15 is 0 Å². The summed E-state index contributed by atoms with van der Waals surface area (Å²) in [4.78, 5) is 18.1. The number of rotatable bonds is 6. The van der Waals surface area contributed by atoms with Gasteiger partial charge in [0.2, 0.25) is 11.8 Å². The summed E-state index contributed by atoms with van der Waals surface area (Å²) in [6, 6.07) is 19.8. The molecule has 2 heterocycles. The first-order valence-corrected chi connectivity index (χ1v) is 9.44. The van der Waals surface area contributed by atoms with Gasteiger partial charge in [-0.25, -0.2) is 9.97 Å². The standard InChI is InChI=1S/C21H18ClN5O/c22-12-7-13-28-20-18-19(26-21(23)27-20)25-17(15-10-5-2-6-11-15)16(24-18)14-8-3-1-4-9-14/h1-6,8-11H,7,12-13H2,(H2,23,25,26,27). The van der Waals surface area contributed by atoms with E-state index in [4.69, 9.17) is 32.0 Å². The van der Waals surface area contributed by atoms with E-state index in [1.165, 1.54) is 0 Å². The number of nitrogens with zero attached hydrogens (tertiary/aromatic N) is 4. The van der Waals surface area contributed by atoms with Crippen LogP contribution in [0.5, 0.6) is 5.88 Å². The Labute approximate surface area is 167 Å². The lowest BCUT2D eigenvalue weighted by atomic mass is 10.0. The van der Waals surface area contributed by atoms with Crippen LogP contribution in [-0.2, 0) is 0 Å². The van der Waals surface area contributed by atoms with Gasteiger partial charge in [-0.15, -0.1) is 11.6 Å². The van der Waals surface area contributed by atoms with E-state index in [1.54, 1.807) is 0 Å². The van der Waals surface area contributed by atoms with Crippen molar-refractivity contribution in [2.45, 2.75) is 6.42 Å². The van der Waals surface area contributed by atoms with E-state index in [0.29, 0.717) is 36.0 Å². The summed E-state index contributed by atoms with van der Waals surface area (Å²) in [5.74, 6) is 0.906. The third-order valence-corrected chi connectivity index (χ3v) is 4.40. The third kappa shape index (κ3) is 3.73. The third-order valence-electron chi connectivity index (χ3n) is 4.13. The Morgan fingerprint density at radius 2 is 1.39 bits per heavy atom. The first-order valence-electron chi connectivity index (χ1n) is 8.91. The molecule has 2 aromatic heterocycles. The van der Waals surface area contributed by atoms with Gasteiger partial charge >= 0.3 is 0 Å². The monoisotopic (exact) mass is 391 g/mol. The molecule has 7 heteroatoms. The van der Waals surface area contributed by atoms with E-state index < -0.39 is 0 Å². The second kappa shape index (κ2) is 8.19. The maximum atomic E-state index is 5.87. The highest BCUT2D eigenvalue weighted by atomic mass is 35.5. The minimum absolute atomic E-state index is 0.0918. The molecule has 0 saturated heterocycles. The average Bonchev–Trinajstić information content (AvgIpc) is 2.74. The molecule has 0 atom stereocenters. The number of nitrogen functional groups attached to an aromatic ring is 1. The SMILES string of the molecule is Nc1nc(OCCCCl)c2nc(-c3ccccc3)c(-c3ccccc3)nc2n1. The van der Waals surface area contributed by atoms with Crippen LogP contribution in [0.15, 0.2) is 60.7 Å². The van der Waals surface area contributed by atoms with Gasteiger partial charge in [0.05, 0.1) is 18.0 Å². The molecule has 0 saturated carbocycles. The fraction of sp³-hybridized carbons (Fsp3) is 0.143. The molecule has 2 aromatic carbocycles. The van der Waals surface area contributed by atoms with Crippen LogP contribution in [-0.4, -0.2) is 32.4 Å². The van der Waals surface area contributed by atoms with Gasteiger partial charge in [-0.3, -0.25) is 0 Å². The van der Waals surface area contributed by atoms with Crippen LogP contribution in [0, 0.1) is 0 Å². The van der Waals surface area contributed by atoms with E-state index in [9.17, 15) is 0 Å². The predicted molar refractivity (Wildman–Crippen MR) is 111 cm³/mol. The highest BCUT2D eigenvalue weighted by molar-refractivity contribution is 6.17. The van der Waals surface area contributed by atoms with Crippen LogP contribution >= 0.6 is 11.6 Å². The van der Waals surface area contributed by atoms with Gasteiger partial charge in [-0.2, -0.15) is 9.97 Å². The number of hydrogen-bond donors (Lipinski definition) is 1. The Morgan fingerprint density at radius 3 is 2.00 bits per heavy atom. The molecule has 0 radical (unpaired) electrons. The number of alkyl halides is 1. The van der Waals surface area contributed by atoms with Crippen LogP contribution < -0.4 is 10.5 Å². The van der Waals surface area contributed by atoms with Crippen LogP contribution in [0.25, 0.3) is 33.7 Å². The predicted octanol–water partition coefficient (Wildman–Crippen LogP) is 4.34. The molecule has 0 fully saturated rings. The van der Waals surface area contributed by atoms with Crippen LogP contribution in [0.2, 0.25) is 0 Å². The number of anilines is 1. The molecule has 0 aliphatic carbocycles. The average molecular weight is 392 g/mol. The number of hydrogen-bond acceptors (Lipinski definition) is 6. The molecular weight excluding hydrogens is 374 g/mol. The van der Waals surface area contributed by atoms with Gasteiger partial charge in [0, 0.05) is 17.0 Å². The molecular formula is C21H18ClN5O. The smallest absolute Gasteiger partial charge is 0.247 e. The van der Waals surface area contributed by atoms with E-state index in [2.05, 4.69) is 9.97 Å². The van der Waals surface area contributed by atoms with Crippen molar-refractivity contribution in [3.63, 3.8) is 0 Å². The zero-order chi connectivity index (χ0) is 19.3. The molecule has 0 aliphatic heterocycles.